The zero-order valence-corrected chi connectivity index (χ0v) is 5.02. The van der Waals surface area contributed by atoms with Gasteiger partial charge in [0.05, 0.1) is 6.20 Å². The summed E-state index contributed by atoms with van der Waals surface area (Å²) in [5.74, 6) is -1.05. The molecule has 0 aromatic heterocycles. The average Bonchev–Trinajstić information content (AvgIpc) is 2.12. The summed E-state index contributed by atoms with van der Waals surface area (Å²) in [5.41, 5.74) is 0.0324. The summed E-state index contributed by atoms with van der Waals surface area (Å²) in [5, 5.41) is 8.40. The van der Waals surface area contributed by atoms with Crippen LogP contribution in [0, 0.1) is 0 Å². The third-order valence-corrected chi connectivity index (χ3v) is 0.881. The van der Waals surface area contributed by atoms with Gasteiger partial charge in [-0.2, -0.15) is 0 Å². The van der Waals surface area contributed by atoms with E-state index in [1.807, 2.05) is 0 Å². The van der Waals surface area contributed by atoms with Gasteiger partial charge in [-0.05, 0) is 0 Å². The van der Waals surface area contributed by atoms with Gasteiger partial charge in [0.25, 0.3) is 0 Å². The third kappa shape index (κ3) is 1.45. The summed E-state index contributed by atoms with van der Waals surface area (Å²) in [6.45, 7) is 0. The standard InChI is InChI=1S/C6H5NO3/c8-6(9)5-3-7-1-2-10-4-5/h1-4H,(H,8,9). The molecule has 0 radical (unpaired) electrons. The second-order valence-electron chi connectivity index (χ2n) is 1.58. The number of rotatable bonds is 1. The Hall–Kier alpha value is -1.58. The van der Waals surface area contributed by atoms with E-state index in [9.17, 15) is 4.79 Å². The molecular weight excluding hydrogens is 134 g/mol. The first-order valence-corrected chi connectivity index (χ1v) is 2.58. The molecule has 1 N–H and O–H groups in total. The molecule has 1 aliphatic rings. The van der Waals surface area contributed by atoms with Crippen molar-refractivity contribution in [3.8, 4) is 0 Å². The van der Waals surface area contributed by atoms with E-state index in [1.54, 1.807) is 0 Å². The first-order valence-electron chi connectivity index (χ1n) is 2.58. The molecule has 0 aliphatic carbocycles. The number of nitrogens with zero attached hydrogens (tertiary/aromatic N) is 1. The highest BCUT2D eigenvalue weighted by molar-refractivity contribution is 6.08. The summed E-state index contributed by atoms with van der Waals surface area (Å²) >= 11 is 0. The molecule has 0 unspecified atom stereocenters. The van der Waals surface area contributed by atoms with E-state index in [1.165, 1.54) is 18.7 Å². The van der Waals surface area contributed by atoms with Crippen LogP contribution in [0.4, 0.5) is 0 Å². The van der Waals surface area contributed by atoms with Crippen LogP contribution in [0.1, 0.15) is 0 Å². The third-order valence-electron chi connectivity index (χ3n) is 0.881. The molecule has 0 aromatic rings. The molecule has 0 aromatic carbocycles. The van der Waals surface area contributed by atoms with Gasteiger partial charge in [-0.15, -0.1) is 0 Å². The maximum absolute atomic E-state index is 10.2. The van der Waals surface area contributed by atoms with Crippen molar-refractivity contribution in [3.63, 3.8) is 0 Å². The monoisotopic (exact) mass is 139 g/mol. The Kier molecular flexibility index (Phi) is 1.84. The summed E-state index contributed by atoms with van der Waals surface area (Å²) < 4.78 is 4.62. The van der Waals surface area contributed by atoms with E-state index in [0.717, 1.165) is 6.26 Å². The van der Waals surface area contributed by atoms with Gasteiger partial charge in [-0.25, -0.2) is 4.79 Å². The van der Waals surface area contributed by atoms with Crippen LogP contribution in [-0.4, -0.2) is 17.3 Å². The summed E-state index contributed by atoms with van der Waals surface area (Å²) in [4.78, 5) is 13.8. The second-order valence-corrected chi connectivity index (χ2v) is 1.58. The summed E-state index contributed by atoms with van der Waals surface area (Å²) in [6, 6.07) is 0. The molecule has 0 spiro atoms. The van der Waals surface area contributed by atoms with Crippen LogP contribution in [0.5, 0.6) is 0 Å². The van der Waals surface area contributed by atoms with Gasteiger partial charge in [-0.3, -0.25) is 4.99 Å². The summed E-state index contributed by atoms with van der Waals surface area (Å²) in [7, 11) is 0. The molecule has 0 bridgehead atoms. The minimum absolute atomic E-state index is 0.0324. The lowest BCUT2D eigenvalue weighted by atomic mass is 10.3. The molecule has 10 heavy (non-hydrogen) atoms. The van der Waals surface area contributed by atoms with Crippen molar-refractivity contribution in [2.24, 2.45) is 4.99 Å². The second kappa shape index (κ2) is 2.82. The Morgan fingerprint density at radius 2 is 2.50 bits per heavy atom. The van der Waals surface area contributed by atoms with E-state index in [0.29, 0.717) is 0 Å². The average molecular weight is 139 g/mol. The Balaban J connectivity index is 2.78. The van der Waals surface area contributed by atoms with Crippen molar-refractivity contribution in [1.82, 2.24) is 0 Å². The van der Waals surface area contributed by atoms with Gasteiger partial charge in [0, 0.05) is 6.21 Å². The first kappa shape index (κ1) is 6.54. The Morgan fingerprint density at radius 1 is 1.70 bits per heavy atom. The van der Waals surface area contributed by atoms with Gasteiger partial charge in [-0.1, -0.05) is 0 Å². The van der Waals surface area contributed by atoms with Crippen molar-refractivity contribution < 1.29 is 14.6 Å². The van der Waals surface area contributed by atoms with E-state index in [-0.39, 0.29) is 5.57 Å². The lowest BCUT2D eigenvalue weighted by molar-refractivity contribution is -0.132. The van der Waals surface area contributed by atoms with E-state index >= 15 is 0 Å². The largest absolute Gasteiger partial charge is 0.478 e. The highest BCUT2D eigenvalue weighted by Gasteiger charge is 2.03. The molecular formula is C6H5NO3. The molecule has 0 saturated heterocycles. The highest BCUT2D eigenvalue weighted by atomic mass is 16.5. The number of ether oxygens (including phenoxy) is 1. The molecule has 0 amide bonds. The predicted octanol–water partition coefficient (Wildman–Crippen LogP) is 0.527. The topological polar surface area (TPSA) is 58.9 Å². The molecule has 52 valence electrons. The summed E-state index contributed by atoms with van der Waals surface area (Å²) in [6.07, 6.45) is 5.00. The van der Waals surface area contributed by atoms with Crippen LogP contribution in [0.25, 0.3) is 0 Å². The Morgan fingerprint density at radius 3 is 3.20 bits per heavy atom. The molecule has 0 fully saturated rings. The lowest BCUT2D eigenvalue weighted by Crippen LogP contribution is -2.00. The van der Waals surface area contributed by atoms with Gasteiger partial charge in [0.2, 0.25) is 0 Å². The van der Waals surface area contributed by atoms with Crippen LogP contribution in [-0.2, 0) is 9.53 Å². The number of hydrogen-bond acceptors (Lipinski definition) is 3. The minimum Gasteiger partial charge on any atom is -0.478 e. The van der Waals surface area contributed by atoms with E-state index in [4.69, 9.17) is 5.11 Å². The van der Waals surface area contributed by atoms with E-state index < -0.39 is 5.97 Å². The van der Waals surface area contributed by atoms with E-state index in [2.05, 4.69) is 9.73 Å². The van der Waals surface area contributed by atoms with Crippen molar-refractivity contribution in [2.45, 2.75) is 0 Å². The van der Waals surface area contributed by atoms with Crippen LogP contribution >= 0.6 is 0 Å². The number of aliphatic imine (C=N–C) groups is 1. The molecule has 0 atom stereocenters. The molecule has 1 aliphatic heterocycles. The van der Waals surface area contributed by atoms with Gasteiger partial charge in [0.1, 0.15) is 18.1 Å². The SMILES string of the molecule is O=C(O)C1=COC=CN=C1. The number of carboxylic acids is 1. The molecule has 4 nitrogen and oxygen atoms in total. The van der Waals surface area contributed by atoms with Gasteiger partial charge in [0.15, 0.2) is 0 Å². The van der Waals surface area contributed by atoms with Crippen LogP contribution in [0.15, 0.2) is 29.3 Å². The van der Waals surface area contributed by atoms with Gasteiger partial charge >= 0.3 is 5.97 Å². The normalized spacial score (nSPS) is 15.4. The number of carbonyl (C=O) groups is 1. The number of aliphatic carboxylic acids is 1. The highest BCUT2D eigenvalue weighted by Crippen LogP contribution is 1.96. The van der Waals surface area contributed by atoms with Crippen molar-refractivity contribution >= 4 is 12.2 Å². The minimum atomic E-state index is -1.05. The van der Waals surface area contributed by atoms with Crippen molar-refractivity contribution in [1.29, 1.82) is 0 Å². The zero-order chi connectivity index (χ0) is 7.40. The Bertz CT molecular complexity index is 227. The lowest BCUT2D eigenvalue weighted by Gasteiger charge is -1.89. The first-order chi connectivity index (χ1) is 4.80. The number of carboxylic acid groups (broad SMARTS) is 1. The van der Waals surface area contributed by atoms with Crippen molar-refractivity contribution in [3.05, 3.63) is 24.3 Å². The van der Waals surface area contributed by atoms with Crippen molar-refractivity contribution in [2.75, 3.05) is 0 Å². The quantitative estimate of drug-likeness (QED) is 0.576. The zero-order valence-electron chi connectivity index (χ0n) is 5.02. The van der Waals surface area contributed by atoms with Crippen LogP contribution in [0.3, 0.4) is 0 Å². The fourth-order valence-corrected chi connectivity index (χ4v) is 0.442. The fraction of sp³-hybridized carbons (Fsp3) is 0. The molecule has 0 saturated carbocycles. The van der Waals surface area contributed by atoms with Crippen LogP contribution < -0.4 is 0 Å². The molecule has 1 rings (SSSR count). The van der Waals surface area contributed by atoms with Gasteiger partial charge < -0.3 is 9.84 Å². The predicted molar refractivity (Wildman–Crippen MR) is 34.4 cm³/mol. The number of hydrogen-bond donors (Lipinski definition) is 1. The van der Waals surface area contributed by atoms with Crippen LogP contribution in [0.2, 0.25) is 0 Å². The maximum atomic E-state index is 10.2. The maximum Gasteiger partial charge on any atom is 0.340 e. The molecule has 4 heteroatoms. The fourth-order valence-electron chi connectivity index (χ4n) is 0.442. The smallest absolute Gasteiger partial charge is 0.340 e. The Labute approximate surface area is 57.1 Å². The molecule has 1 heterocycles.